The molecule has 8 nitrogen and oxygen atoms in total. The Bertz CT molecular complexity index is 781. The summed E-state index contributed by atoms with van der Waals surface area (Å²) >= 11 is 0. The van der Waals surface area contributed by atoms with Gasteiger partial charge in [-0.1, -0.05) is 12.1 Å². The molecule has 1 saturated heterocycles. The molecule has 0 spiro atoms. The molecule has 1 aliphatic heterocycles. The fraction of sp³-hybridized carbons (Fsp3) is 0.412. The molecule has 0 amide bonds. The van der Waals surface area contributed by atoms with E-state index in [9.17, 15) is 9.50 Å². The molecule has 0 unspecified atom stereocenters. The van der Waals surface area contributed by atoms with E-state index < -0.39 is 5.82 Å². The van der Waals surface area contributed by atoms with Crippen molar-refractivity contribution in [3.63, 3.8) is 0 Å². The number of aromatic hydroxyl groups is 1. The molecule has 0 saturated carbocycles. The topological polar surface area (TPSA) is 92.4 Å². The lowest BCUT2D eigenvalue weighted by molar-refractivity contribution is 0.122. The summed E-state index contributed by atoms with van der Waals surface area (Å²) in [6.07, 6.45) is 1.08. The molecule has 1 aliphatic rings. The Hall–Kier alpha value is -2.81. The Kier molecular flexibility index (Phi) is 5.90. The van der Waals surface area contributed by atoms with Crippen molar-refractivity contribution in [1.82, 2.24) is 9.97 Å². The number of hydrogen-bond acceptors (Lipinski definition) is 8. The molecule has 0 bridgehead atoms. The third-order valence-corrected chi connectivity index (χ3v) is 3.81. The highest BCUT2D eigenvalue weighted by atomic mass is 19.1. The molecule has 26 heavy (non-hydrogen) atoms. The summed E-state index contributed by atoms with van der Waals surface area (Å²) in [7, 11) is 0. The maximum absolute atomic E-state index is 14.0. The van der Waals surface area contributed by atoms with E-state index in [0.29, 0.717) is 44.2 Å². The Morgan fingerprint density at radius 2 is 2.15 bits per heavy atom. The number of nitrogens with zero attached hydrogens (tertiary/aromatic N) is 5. The predicted molar refractivity (Wildman–Crippen MR) is 92.5 cm³/mol. The van der Waals surface area contributed by atoms with E-state index in [4.69, 9.17) is 9.47 Å². The van der Waals surface area contributed by atoms with E-state index >= 15 is 0 Å². The normalized spacial score (nSPS) is 14.8. The van der Waals surface area contributed by atoms with Crippen LogP contribution in [0.2, 0.25) is 0 Å². The first-order valence-corrected chi connectivity index (χ1v) is 8.35. The van der Waals surface area contributed by atoms with Gasteiger partial charge in [0.05, 0.1) is 32.6 Å². The summed E-state index contributed by atoms with van der Waals surface area (Å²) in [5.41, 5.74) is 0.565. The number of phenolic OH excluding ortho intramolecular Hbond substituents is 1. The largest absolute Gasteiger partial charge is 0.504 e. The van der Waals surface area contributed by atoms with Gasteiger partial charge in [0.1, 0.15) is 0 Å². The Labute approximate surface area is 150 Å². The van der Waals surface area contributed by atoms with Gasteiger partial charge in [0.25, 0.3) is 5.95 Å². The van der Waals surface area contributed by atoms with Gasteiger partial charge in [-0.15, -0.1) is 5.11 Å². The zero-order valence-electron chi connectivity index (χ0n) is 14.4. The first-order valence-electron chi connectivity index (χ1n) is 8.35. The molecule has 2 heterocycles. The van der Waals surface area contributed by atoms with Gasteiger partial charge in [0.15, 0.2) is 23.1 Å². The van der Waals surface area contributed by atoms with E-state index in [-0.39, 0.29) is 24.1 Å². The lowest BCUT2D eigenvalue weighted by Crippen LogP contribution is -2.37. The van der Waals surface area contributed by atoms with Crippen molar-refractivity contribution in [3.05, 3.63) is 35.8 Å². The molecule has 2 aromatic rings. The van der Waals surface area contributed by atoms with Gasteiger partial charge in [0.2, 0.25) is 0 Å². The van der Waals surface area contributed by atoms with Gasteiger partial charge in [-0.25, -0.2) is 9.37 Å². The van der Waals surface area contributed by atoms with Crippen LogP contribution < -0.4 is 9.64 Å². The summed E-state index contributed by atoms with van der Waals surface area (Å²) in [4.78, 5) is 9.76. The second kappa shape index (κ2) is 8.52. The first kappa shape index (κ1) is 18.0. The van der Waals surface area contributed by atoms with Crippen LogP contribution in [0, 0.1) is 5.82 Å². The Morgan fingerprint density at radius 3 is 2.92 bits per heavy atom. The van der Waals surface area contributed by atoms with Gasteiger partial charge in [-0.05, 0) is 13.0 Å². The van der Waals surface area contributed by atoms with Gasteiger partial charge in [-0.2, -0.15) is 10.1 Å². The number of phenols is 1. The van der Waals surface area contributed by atoms with Crippen molar-refractivity contribution in [3.8, 4) is 11.5 Å². The number of halogens is 1. The molecule has 138 valence electrons. The number of ether oxygens (including phenoxy) is 2. The highest BCUT2D eigenvalue weighted by Crippen LogP contribution is 2.30. The third-order valence-electron chi connectivity index (χ3n) is 3.81. The number of azo groups is 1. The van der Waals surface area contributed by atoms with E-state index in [2.05, 4.69) is 20.2 Å². The van der Waals surface area contributed by atoms with Crippen LogP contribution >= 0.6 is 0 Å². The maximum Gasteiger partial charge on any atom is 0.270 e. The van der Waals surface area contributed by atoms with Crippen molar-refractivity contribution in [2.45, 2.75) is 13.5 Å². The summed E-state index contributed by atoms with van der Waals surface area (Å²) in [6, 6.07) is 5.17. The van der Waals surface area contributed by atoms with Crippen molar-refractivity contribution >= 4 is 11.8 Å². The van der Waals surface area contributed by atoms with Crippen LogP contribution in [-0.2, 0) is 11.3 Å². The lowest BCUT2D eigenvalue weighted by Gasteiger charge is -2.27. The van der Waals surface area contributed by atoms with Gasteiger partial charge in [0, 0.05) is 18.7 Å². The SMILES string of the molecule is CCOc1cccc(CN=Nc2ncc(F)c(N3CCOCC3)n2)c1O. The molecule has 1 aromatic heterocycles. The smallest absolute Gasteiger partial charge is 0.270 e. The van der Waals surface area contributed by atoms with Gasteiger partial charge < -0.3 is 19.5 Å². The number of hydrogen-bond donors (Lipinski definition) is 1. The van der Waals surface area contributed by atoms with E-state index in [1.807, 2.05) is 6.92 Å². The molecule has 1 aromatic carbocycles. The standard InChI is InChI=1S/C17H20FN5O3/c1-2-26-14-5-3-4-12(15(14)24)10-20-22-17-19-11-13(18)16(21-17)23-6-8-25-9-7-23/h3-5,11,24H,2,6-10H2,1H3. The van der Waals surface area contributed by atoms with E-state index in [1.54, 1.807) is 23.1 Å². The minimum atomic E-state index is -0.507. The first-order chi connectivity index (χ1) is 12.7. The van der Waals surface area contributed by atoms with E-state index in [0.717, 1.165) is 6.20 Å². The molecular formula is C17H20FN5O3. The second-order valence-corrected chi connectivity index (χ2v) is 5.54. The van der Waals surface area contributed by atoms with Crippen molar-refractivity contribution in [2.75, 3.05) is 37.8 Å². The number of rotatable bonds is 6. The summed E-state index contributed by atoms with van der Waals surface area (Å²) in [6.45, 7) is 4.58. The van der Waals surface area contributed by atoms with Crippen LogP contribution in [-0.4, -0.2) is 48.0 Å². The molecule has 0 atom stereocenters. The molecule has 3 rings (SSSR count). The zero-order chi connectivity index (χ0) is 18.4. The Morgan fingerprint density at radius 1 is 1.35 bits per heavy atom. The van der Waals surface area contributed by atoms with E-state index in [1.165, 1.54) is 0 Å². The van der Waals surface area contributed by atoms with Gasteiger partial charge >= 0.3 is 0 Å². The minimum absolute atomic E-state index is 0.0299. The summed E-state index contributed by atoms with van der Waals surface area (Å²) in [5.74, 6) is 0.176. The van der Waals surface area contributed by atoms with Crippen LogP contribution in [0.3, 0.4) is 0 Å². The zero-order valence-corrected chi connectivity index (χ0v) is 14.4. The Balaban J connectivity index is 1.72. The number of benzene rings is 1. The highest BCUT2D eigenvalue weighted by Gasteiger charge is 2.17. The second-order valence-electron chi connectivity index (χ2n) is 5.54. The maximum atomic E-state index is 14.0. The van der Waals surface area contributed by atoms with Crippen LogP contribution in [0.1, 0.15) is 12.5 Å². The van der Waals surface area contributed by atoms with Gasteiger partial charge in [-0.3, -0.25) is 0 Å². The quantitative estimate of drug-likeness (QED) is 0.796. The molecule has 9 heteroatoms. The van der Waals surface area contributed by atoms with Crippen LogP contribution in [0.25, 0.3) is 0 Å². The van der Waals surface area contributed by atoms with Crippen molar-refractivity contribution in [1.29, 1.82) is 0 Å². The number of aromatic nitrogens is 2. The lowest BCUT2D eigenvalue weighted by atomic mass is 10.2. The number of anilines is 1. The average molecular weight is 361 g/mol. The molecule has 0 aliphatic carbocycles. The summed E-state index contributed by atoms with van der Waals surface area (Å²) in [5, 5.41) is 18.1. The molecular weight excluding hydrogens is 341 g/mol. The fourth-order valence-corrected chi connectivity index (χ4v) is 2.54. The highest BCUT2D eigenvalue weighted by molar-refractivity contribution is 5.45. The molecule has 0 radical (unpaired) electrons. The molecule has 1 N–H and O–H groups in total. The fourth-order valence-electron chi connectivity index (χ4n) is 2.54. The van der Waals surface area contributed by atoms with Crippen molar-refractivity contribution < 1.29 is 19.0 Å². The third kappa shape index (κ3) is 4.23. The van der Waals surface area contributed by atoms with Crippen molar-refractivity contribution in [2.24, 2.45) is 10.2 Å². The number of para-hydroxylation sites is 1. The number of morpholine rings is 1. The van der Waals surface area contributed by atoms with Crippen LogP contribution in [0.4, 0.5) is 16.2 Å². The van der Waals surface area contributed by atoms with Crippen LogP contribution in [0.15, 0.2) is 34.6 Å². The molecule has 1 fully saturated rings. The minimum Gasteiger partial charge on any atom is -0.504 e. The summed E-state index contributed by atoms with van der Waals surface area (Å²) < 4.78 is 24.6. The van der Waals surface area contributed by atoms with Crippen LogP contribution in [0.5, 0.6) is 11.5 Å². The monoisotopic (exact) mass is 361 g/mol. The average Bonchev–Trinajstić information content (AvgIpc) is 2.67. The predicted octanol–water partition coefficient (Wildman–Crippen LogP) is 2.84.